The van der Waals surface area contributed by atoms with Crippen LogP contribution in [0.4, 0.5) is 0 Å². The molecule has 0 spiro atoms. The highest BCUT2D eigenvalue weighted by atomic mass is 16.1. The van der Waals surface area contributed by atoms with Crippen molar-refractivity contribution in [3.05, 3.63) is 71.8 Å². The normalized spacial score (nSPS) is 10.9. The lowest BCUT2D eigenvalue weighted by Gasteiger charge is -2.05. The SMILES string of the molecule is CC=CC(=O)c1ccc(-c2ccc(CCC)cc2)cc1. The monoisotopic (exact) mass is 264 g/mol. The first-order valence-electron chi connectivity index (χ1n) is 7.11. The second-order valence-electron chi connectivity index (χ2n) is 4.89. The molecule has 0 fully saturated rings. The Morgan fingerprint density at radius 3 is 2.00 bits per heavy atom. The fourth-order valence-electron chi connectivity index (χ4n) is 2.23. The number of allylic oxidation sites excluding steroid dienone is 2. The molecule has 0 saturated carbocycles. The zero-order valence-corrected chi connectivity index (χ0v) is 12.1. The predicted octanol–water partition coefficient (Wildman–Crippen LogP) is 5.06. The first kappa shape index (κ1) is 14.3. The van der Waals surface area contributed by atoms with Crippen molar-refractivity contribution in [1.82, 2.24) is 0 Å². The van der Waals surface area contributed by atoms with E-state index in [-0.39, 0.29) is 5.78 Å². The number of benzene rings is 2. The molecule has 2 rings (SSSR count). The Morgan fingerprint density at radius 1 is 0.950 bits per heavy atom. The van der Waals surface area contributed by atoms with Crippen molar-refractivity contribution in [1.29, 1.82) is 0 Å². The van der Waals surface area contributed by atoms with Crippen LogP contribution in [0.2, 0.25) is 0 Å². The summed E-state index contributed by atoms with van der Waals surface area (Å²) in [5.41, 5.74) is 4.44. The maximum Gasteiger partial charge on any atom is 0.185 e. The van der Waals surface area contributed by atoms with Crippen molar-refractivity contribution in [2.45, 2.75) is 26.7 Å². The van der Waals surface area contributed by atoms with Gasteiger partial charge in [0.2, 0.25) is 0 Å². The highest BCUT2D eigenvalue weighted by Crippen LogP contribution is 2.21. The highest BCUT2D eigenvalue weighted by molar-refractivity contribution is 6.04. The maximum absolute atomic E-state index is 11.7. The number of carbonyl (C=O) groups excluding carboxylic acids is 1. The van der Waals surface area contributed by atoms with Gasteiger partial charge in [-0.3, -0.25) is 4.79 Å². The van der Waals surface area contributed by atoms with Gasteiger partial charge in [-0.15, -0.1) is 0 Å². The summed E-state index contributed by atoms with van der Waals surface area (Å²) < 4.78 is 0. The molecule has 0 unspecified atom stereocenters. The van der Waals surface area contributed by atoms with Crippen LogP contribution < -0.4 is 0 Å². The number of ketones is 1. The fraction of sp³-hybridized carbons (Fsp3) is 0.211. The van der Waals surface area contributed by atoms with Gasteiger partial charge in [0.1, 0.15) is 0 Å². The average molecular weight is 264 g/mol. The average Bonchev–Trinajstić information content (AvgIpc) is 2.49. The summed E-state index contributed by atoms with van der Waals surface area (Å²) in [4.78, 5) is 11.7. The van der Waals surface area contributed by atoms with E-state index >= 15 is 0 Å². The minimum atomic E-state index is 0.0531. The minimum absolute atomic E-state index is 0.0531. The molecule has 0 amide bonds. The molecule has 102 valence electrons. The van der Waals surface area contributed by atoms with E-state index in [4.69, 9.17) is 0 Å². The molecule has 0 aromatic heterocycles. The Kier molecular flexibility index (Phi) is 4.89. The van der Waals surface area contributed by atoms with Gasteiger partial charge in [0.05, 0.1) is 0 Å². The van der Waals surface area contributed by atoms with Gasteiger partial charge in [0.15, 0.2) is 5.78 Å². The maximum atomic E-state index is 11.7. The quantitative estimate of drug-likeness (QED) is 0.544. The molecule has 0 saturated heterocycles. The summed E-state index contributed by atoms with van der Waals surface area (Å²) in [5.74, 6) is 0.0531. The summed E-state index contributed by atoms with van der Waals surface area (Å²) in [6, 6.07) is 16.4. The molecule has 0 N–H and O–H groups in total. The van der Waals surface area contributed by atoms with Crippen molar-refractivity contribution >= 4 is 5.78 Å². The lowest BCUT2D eigenvalue weighted by molar-refractivity contribution is 0.104. The molecule has 2 aromatic carbocycles. The predicted molar refractivity (Wildman–Crippen MR) is 85.0 cm³/mol. The minimum Gasteiger partial charge on any atom is -0.289 e. The van der Waals surface area contributed by atoms with E-state index < -0.39 is 0 Å². The summed E-state index contributed by atoms with van der Waals surface area (Å²) in [7, 11) is 0. The Morgan fingerprint density at radius 2 is 1.50 bits per heavy atom. The van der Waals surface area contributed by atoms with E-state index in [1.807, 2.05) is 31.2 Å². The Hall–Kier alpha value is -2.15. The van der Waals surface area contributed by atoms with Gasteiger partial charge < -0.3 is 0 Å². The summed E-state index contributed by atoms with van der Waals surface area (Å²) >= 11 is 0. The lowest BCUT2D eigenvalue weighted by Crippen LogP contribution is -1.93. The molecule has 1 heteroatoms. The van der Waals surface area contributed by atoms with Crippen molar-refractivity contribution in [3.63, 3.8) is 0 Å². The Balaban J connectivity index is 2.19. The Bertz CT molecular complexity index is 589. The summed E-state index contributed by atoms with van der Waals surface area (Å²) in [5, 5.41) is 0. The van der Waals surface area contributed by atoms with Crippen molar-refractivity contribution in [3.8, 4) is 11.1 Å². The molecule has 1 nitrogen and oxygen atoms in total. The van der Waals surface area contributed by atoms with Crippen LogP contribution in [0.15, 0.2) is 60.7 Å². The Labute approximate surface area is 121 Å². The van der Waals surface area contributed by atoms with Gasteiger partial charge in [-0.25, -0.2) is 0 Å². The van der Waals surface area contributed by atoms with Crippen LogP contribution in [0.1, 0.15) is 36.2 Å². The van der Waals surface area contributed by atoms with E-state index in [1.165, 1.54) is 17.5 Å². The van der Waals surface area contributed by atoms with Crippen molar-refractivity contribution in [2.75, 3.05) is 0 Å². The van der Waals surface area contributed by atoms with Crippen LogP contribution in [0, 0.1) is 0 Å². The van der Waals surface area contributed by atoms with Crippen LogP contribution >= 0.6 is 0 Å². The first-order chi connectivity index (χ1) is 9.74. The van der Waals surface area contributed by atoms with Gasteiger partial charge >= 0.3 is 0 Å². The van der Waals surface area contributed by atoms with Gasteiger partial charge in [-0.2, -0.15) is 0 Å². The molecule has 20 heavy (non-hydrogen) atoms. The number of hydrogen-bond acceptors (Lipinski definition) is 1. The molecule has 0 radical (unpaired) electrons. The van der Waals surface area contributed by atoms with Gasteiger partial charge in [0.25, 0.3) is 0 Å². The smallest absolute Gasteiger partial charge is 0.185 e. The number of aryl methyl sites for hydroxylation is 1. The van der Waals surface area contributed by atoms with Gasteiger partial charge in [-0.1, -0.05) is 68.0 Å². The standard InChI is InChI=1S/C19H20O/c1-3-5-15-7-9-16(10-8-15)17-11-13-18(14-12-17)19(20)6-4-2/h4,6-14H,3,5H2,1-2H3. The van der Waals surface area contributed by atoms with Crippen molar-refractivity contribution in [2.24, 2.45) is 0 Å². The largest absolute Gasteiger partial charge is 0.289 e. The van der Waals surface area contributed by atoms with E-state index in [2.05, 4.69) is 31.2 Å². The molecule has 0 aliphatic heterocycles. The van der Waals surface area contributed by atoms with Gasteiger partial charge in [-0.05, 0) is 36.1 Å². The van der Waals surface area contributed by atoms with Crippen LogP contribution in [0.5, 0.6) is 0 Å². The van der Waals surface area contributed by atoms with Crippen LogP contribution in [-0.4, -0.2) is 5.78 Å². The summed E-state index contributed by atoms with van der Waals surface area (Å²) in [6.07, 6.45) is 5.65. The highest BCUT2D eigenvalue weighted by Gasteiger charge is 2.02. The zero-order chi connectivity index (χ0) is 14.4. The van der Waals surface area contributed by atoms with Crippen LogP contribution in [0.25, 0.3) is 11.1 Å². The van der Waals surface area contributed by atoms with Crippen molar-refractivity contribution < 1.29 is 4.79 Å². The fourth-order valence-corrected chi connectivity index (χ4v) is 2.23. The molecule has 0 aliphatic rings. The second-order valence-corrected chi connectivity index (χ2v) is 4.89. The topological polar surface area (TPSA) is 17.1 Å². The molecule has 0 bridgehead atoms. The summed E-state index contributed by atoms with van der Waals surface area (Å²) in [6.45, 7) is 4.04. The molecule has 0 heterocycles. The molecule has 2 aromatic rings. The van der Waals surface area contributed by atoms with E-state index in [0.717, 1.165) is 17.5 Å². The van der Waals surface area contributed by atoms with Gasteiger partial charge in [0, 0.05) is 5.56 Å². The number of carbonyl (C=O) groups is 1. The number of rotatable bonds is 5. The second kappa shape index (κ2) is 6.85. The first-order valence-corrected chi connectivity index (χ1v) is 7.11. The molecule has 0 atom stereocenters. The third kappa shape index (κ3) is 3.45. The van der Waals surface area contributed by atoms with E-state index in [9.17, 15) is 4.79 Å². The number of hydrogen-bond donors (Lipinski definition) is 0. The third-order valence-electron chi connectivity index (χ3n) is 3.31. The van der Waals surface area contributed by atoms with Crippen LogP contribution in [-0.2, 0) is 6.42 Å². The lowest BCUT2D eigenvalue weighted by atomic mass is 10.0. The molecular weight excluding hydrogens is 244 g/mol. The third-order valence-corrected chi connectivity index (χ3v) is 3.31. The zero-order valence-electron chi connectivity index (χ0n) is 12.1. The van der Waals surface area contributed by atoms with E-state index in [0.29, 0.717) is 0 Å². The molecule has 0 aliphatic carbocycles. The van der Waals surface area contributed by atoms with E-state index in [1.54, 1.807) is 12.2 Å². The molecular formula is C19H20O. The van der Waals surface area contributed by atoms with Crippen LogP contribution in [0.3, 0.4) is 0 Å².